The lowest BCUT2D eigenvalue weighted by atomic mass is 9.92. The van der Waals surface area contributed by atoms with Gasteiger partial charge in [-0.05, 0) is 37.3 Å². The fraction of sp³-hybridized carbons (Fsp3) is 0.542. The molecule has 2 aliphatic heterocycles. The SMILES string of the molecule is Cc1onc(-c2c(F)cccc2Cl)c1C(=O)N1CCN(CC(=O)N2CC(C)CC(C)C2)CC1. The molecule has 0 aliphatic carbocycles. The summed E-state index contributed by atoms with van der Waals surface area (Å²) in [7, 11) is 0. The molecule has 2 aliphatic rings. The van der Waals surface area contributed by atoms with E-state index in [-0.39, 0.29) is 33.7 Å². The minimum atomic E-state index is -0.561. The van der Waals surface area contributed by atoms with E-state index in [2.05, 4.69) is 23.9 Å². The standard InChI is InChI=1S/C24H30ClFN4O3/c1-15-11-16(2)13-30(12-15)20(31)14-28-7-9-29(10-8-28)24(32)21-17(3)33-27-23(21)22-18(25)5-4-6-19(22)26/h4-6,15-16H,7-14H2,1-3H3. The number of carbonyl (C=O) groups is 2. The van der Waals surface area contributed by atoms with Gasteiger partial charge in [0.25, 0.3) is 5.91 Å². The Kier molecular flexibility index (Phi) is 7.05. The number of rotatable bonds is 4. The Hall–Kier alpha value is -2.45. The van der Waals surface area contributed by atoms with Crippen LogP contribution in [0.2, 0.25) is 5.02 Å². The molecule has 0 spiro atoms. The number of likely N-dealkylation sites (tertiary alicyclic amines) is 1. The van der Waals surface area contributed by atoms with Crippen LogP contribution in [0.15, 0.2) is 22.7 Å². The van der Waals surface area contributed by atoms with Gasteiger partial charge in [-0.1, -0.05) is 36.7 Å². The maximum absolute atomic E-state index is 14.5. The highest BCUT2D eigenvalue weighted by molar-refractivity contribution is 6.33. The van der Waals surface area contributed by atoms with Gasteiger partial charge in [-0.15, -0.1) is 0 Å². The van der Waals surface area contributed by atoms with Gasteiger partial charge in [-0.3, -0.25) is 14.5 Å². The molecule has 2 aromatic rings. The number of nitrogens with zero attached hydrogens (tertiary/aromatic N) is 4. The monoisotopic (exact) mass is 476 g/mol. The van der Waals surface area contributed by atoms with E-state index < -0.39 is 5.82 Å². The molecule has 4 rings (SSSR count). The Morgan fingerprint density at radius 1 is 1.12 bits per heavy atom. The van der Waals surface area contributed by atoms with Gasteiger partial charge in [0.15, 0.2) is 0 Å². The minimum Gasteiger partial charge on any atom is -0.360 e. The number of benzene rings is 1. The van der Waals surface area contributed by atoms with E-state index in [1.807, 2.05) is 4.90 Å². The van der Waals surface area contributed by atoms with Crippen molar-refractivity contribution in [3.63, 3.8) is 0 Å². The maximum Gasteiger partial charge on any atom is 0.259 e. The van der Waals surface area contributed by atoms with Gasteiger partial charge in [-0.25, -0.2) is 4.39 Å². The zero-order chi connectivity index (χ0) is 23.7. The maximum atomic E-state index is 14.5. The molecule has 3 heterocycles. The number of hydrogen-bond donors (Lipinski definition) is 0. The fourth-order valence-electron chi connectivity index (χ4n) is 4.94. The lowest BCUT2D eigenvalue weighted by molar-refractivity contribution is -0.135. The Morgan fingerprint density at radius 3 is 2.42 bits per heavy atom. The quantitative estimate of drug-likeness (QED) is 0.673. The molecule has 0 bridgehead atoms. The number of amides is 2. The number of aryl methyl sites for hydroxylation is 1. The second kappa shape index (κ2) is 9.81. The average molecular weight is 477 g/mol. The molecule has 9 heteroatoms. The van der Waals surface area contributed by atoms with Crippen molar-refractivity contribution in [2.75, 3.05) is 45.8 Å². The molecular weight excluding hydrogens is 447 g/mol. The van der Waals surface area contributed by atoms with Gasteiger partial charge in [-0.2, -0.15) is 0 Å². The van der Waals surface area contributed by atoms with Crippen molar-refractivity contribution in [1.29, 1.82) is 0 Å². The molecule has 7 nitrogen and oxygen atoms in total. The number of halogens is 2. The summed E-state index contributed by atoms with van der Waals surface area (Å²) < 4.78 is 19.7. The van der Waals surface area contributed by atoms with Crippen LogP contribution in [-0.4, -0.2) is 77.5 Å². The van der Waals surface area contributed by atoms with Crippen LogP contribution in [0.1, 0.15) is 36.4 Å². The zero-order valence-electron chi connectivity index (χ0n) is 19.3. The smallest absolute Gasteiger partial charge is 0.259 e. The van der Waals surface area contributed by atoms with E-state index >= 15 is 0 Å². The van der Waals surface area contributed by atoms with Crippen LogP contribution < -0.4 is 0 Å². The molecule has 0 N–H and O–H groups in total. The van der Waals surface area contributed by atoms with Crippen LogP contribution in [0.3, 0.4) is 0 Å². The highest BCUT2D eigenvalue weighted by Gasteiger charge is 2.32. The van der Waals surface area contributed by atoms with Crippen molar-refractivity contribution in [2.45, 2.75) is 27.2 Å². The highest BCUT2D eigenvalue weighted by atomic mass is 35.5. The van der Waals surface area contributed by atoms with E-state index in [0.29, 0.717) is 50.3 Å². The van der Waals surface area contributed by atoms with Crippen LogP contribution >= 0.6 is 11.6 Å². The van der Waals surface area contributed by atoms with Crippen LogP contribution in [0.4, 0.5) is 4.39 Å². The van der Waals surface area contributed by atoms with Gasteiger partial charge in [0.05, 0.1) is 17.1 Å². The predicted molar refractivity (Wildman–Crippen MR) is 124 cm³/mol. The largest absolute Gasteiger partial charge is 0.360 e. The average Bonchev–Trinajstić information content (AvgIpc) is 3.14. The third-order valence-corrected chi connectivity index (χ3v) is 6.83. The first-order valence-electron chi connectivity index (χ1n) is 11.4. The highest BCUT2D eigenvalue weighted by Crippen LogP contribution is 2.34. The molecule has 2 unspecified atom stereocenters. The van der Waals surface area contributed by atoms with E-state index in [1.165, 1.54) is 12.1 Å². The van der Waals surface area contributed by atoms with Gasteiger partial charge in [0.2, 0.25) is 5.91 Å². The van der Waals surface area contributed by atoms with Gasteiger partial charge >= 0.3 is 0 Å². The number of piperazine rings is 1. The van der Waals surface area contributed by atoms with Crippen LogP contribution in [-0.2, 0) is 4.79 Å². The predicted octanol–water partition coefficient (Wildman–Crippen LogP) is 3.70. The van der Waals surface area contributed by atoms with Gasteiger partial charge in [0, 0.05) is 39.3 Å². The summed E-state index contributed by atoms with van der Waals surface area (Å²) in [6, 6.07) is 4.33. The van der Waals surface area contributed by atoms with Gasteiger partial charge < -0.3 is 14.3 Å². The first kappa shape index (κ1) is 23.7. The Labute approximate surface area is 198 Å². The summed E-state index contributed by atoms with van der Waals surface area (Å²) in [5, 5.41) is 4.10. The molecule has 1 aromatic carbocycles. The molecule has 33 heavy (non-hydrogen) atoms. The summed E-state index contributed by atoms with van der Waals surface area (Å²) >= 11 is 6.20. The van der Waals surface area contributed by atoms with Crippen molar-refractivity contribution in [2.24, 2.45) is 11.8 Å². The Bertz CT molecular complexity index is 1000. The van der Waals surface area contributed by atoms with Crippen molar-refractivity contribution < 1.29 is 18.5 Å². The third-order valence-electron chi connectivity index (χ3n) is 6.52. The lowest BCUT2D eigenvalue weighted by Crippen LogP contribution is -2.53. The molecule has 0 saturated carbocycles. The Morgan fingerprint density at radius 2 is 1.79 bits per heavy atom. The minimum absolute atomic E-state index is 0.0635. The molecule has 178 valence electrons. The second-order valence-electron chi connectivity index (χ2n) is 9.37. The number of hydrogen-bond acceptors (Lipinski definition) is 5. The molecule has 1 aromatic heterocycles. The fourth-order valence-corrected chi connectivity index (χ4v) is 5.20. The normalized spacial score (nSPS) is 22.0. The first-order valence-corrected chi connectivity index (χ1v) is 11.8. The van der Waals surface area contributed by atoms with Crippen molar-refractivity contribution in [1.82, 2.24) is 19.9 Å². The van der Waals surface area contributed by atoms with Crippen LogP contribution in [0.5, 0.6) is 0 Å². The summed E-state index contributed by atoms with van der Waals surface area (Å²) in [5.74, 6) is 0.689. The third kappa shape index (κ3) is 5.06. The van der Waals surface area contributed by atoms with Crippen molar-refractivity contribution in [3.05, 3.63) is 40.4 Å². The Balaban J connectivity index is 1.41. The molecule has 2 amide bonds. The summed E-state index contributed by atoms with van der Waals surface area (Å²) in [6.45, 7) is 10.1. The van der Waals surface area contributed by atoms with Gasteiger partial charge in [0.1, 0.15) is 22.8 Å². The number of piperidine rings is 1. The second-order valence-corrected chi connectivity index (χ2v) is 9.78. The van der Waals surface area contributed by atoms with E-state index in [1.54, 1.807) is 17.9 Å². The molecular formula is C24H30ClFN4O3. The topological polar surface area (TPSA) is 69.9 Å². The molecule has 0 radical (unpaired) electrons. The van der Waals surface area contributed by atoms with E-state index in [9.17, 15) is 14.0 Å². The first-order chi connectivity index (χ1) is 15.7. The number of carbonyl (C=O) groups excluding carboxylic acids is 2. The molecule has 2 saturated heterocycles. The lowest BCUT2D eigenvalue weighted by Gasteiger charge is -2.38. The van der Waals surface area contributed by atoms with Crippen LogP contribution in [0.25, 0.3) is 11.3 Å². The zero-order valence-corrected chi connectivity index (χ0v) is 20.1. The van der Waals surface area contributed by atoms with E-state index in [0.717, 1.165) is 19.5 Å². The molecule has 2 fully saturated rings. The molecule has 2 atom stereocenters. The number of aromatic nitrogens is 1. The van der Waals surface area contributed by atoms with Crippen molar-refractivity contribution >= 4 is 23.4 Å². The summed E-state index contributed by atoms with van der Waals surface area (Å²) in [6.07, 6.45) is 1.16. The summed E-state index contributed by atoms with van der Waals surface area (Å²) in [5.41, 5.74) is 0.406. The van der Waals surface area contributed by atoms with E-state index in [4.69, 9.17) is 16.1 Å². The van der Waals surface area contributed by atoms with Crippen LogP contribution in [0, 0.1) is 24.6 Å². The summed E-state index contributed by atoms with van der Waals surface area (Å²) in [4.78, 5) is 31.9. The van der Waals surface area contributed by atoms with Crippen molar-refractivity contribution in [3.8, 4) is 11.3 Å².